The molecule has 2 aromatic carbocycles. The number of aryl methyl sites for hydroxylation is 2. The summed E-state index contributed by atoms with van der Waals surface area (Å²) in [6, 6.07) is 11.0. The van der Waals surface area contributed by atoms with Crippen LogP contribution in [0, 0.1) is 13.8 Å². The Labute approximate surface area is 211 Å². The van der Waals surface area contributed by atoms with Gasteiger partial charge in [0.25, 0.3) is 0 Å². The lowest BCUT2D eigenvalue weighted by Gasteiger charge is -2.37. The minimum atomic E-state index is 0.0841. The van der Waals surface area contributed by atoms with Crippen LogP contribution in [0.4, 0.5) is 4.79 Å². The van der Waals surface area contributed by atoms with Crippen molar-refractivity contribution in [2.45, 2.75) is 33.4 Å². The molecule has 8 nitrogen and oxygen atoms in total. The number of benzene rings is 2. The largest absolute Gasteiger partial charge is 0.491 e. The Morgan fingerprint density at radius 1 is 1.03 bits per heavy atom. The number of amides is 2. The second-order valence-electron chi connectivity index (χ2n) is 9.95. The van der Waals surface area contributed by atoms with Crippen molar-refractivity contribution in [3.05, 3.63) is 59.4 Å². The van der Waals surface area contributed by atoms with Gasteiger partial charge in [-0.25, -0.2) is 9.78 Å². The second kappa shape index (κ2) is 9.00. The van der Waals surface area contributed by atoms with E-state index in [1.165, 1.54) is 0 Å². The molecule has 0 radical (unpaired) electrons. The Kier molecular flexibility index (Phi) is 5.66. The molecule has 1 unspecified atom stereocenters. The van der Waals surface area contributed by atoms with Gasteiger partial charge < -0.3 is 24.4 Å². The van der Waals surface area contributed by atoms with E-state index < -0.39 is 0 Å². The van der Waals surface area contributed by atoms with Crippen LogP contribution in [0.1, 0.15) is 23.9 Å². The van der Waals surface area contributed by atoms with Crippen molar-refractivity contribution in [1.82, 2.24) is 24.7 Å². The van der Waals surface area contributed by atoms with E-state index in [2.05, 4.69) is 76.2 Å². The summed E-state index contributed by atoms with van der Waals surface area (Å²) in [5.41, 5.74) is 6.37. The van der Waals surface area contributed by atoms with Crippen molar-refractivity contribution in [1.29, 1.82) is 0 Å². The zero-order valence-electron chi connectivity index (χ0n) is 21.1. The summed E-state index contributed by atoms with van der Waals surface area (Å²) in [5.74, 6) is 2.85. The highest BCUT2D eigenvalue weighted by Crippen LogP contribution is 2.34. The van der Waals surface area contributed by atoms with E-state index in [4.69, 9.17) is 4.74 Å². The predicted octanol–water partition coefficient (Wildman–Crippen LogP) is 4.14. The van der Waals surface area contributed by atoms with E-state index >= 15 is 0 Å². The molecule has 1 N–H and O–H groups in total. The van der Waals surface area contributed by atoms with Crippen LogP contribution in [0.15, 0.2) is 47.5 Å². The Bertz CT molecular complexity index is 1380. The van der Waals surface area contributed by atoms with Crippen LogP contribution in [-0.2, 0) is 6.54 Å². The molecule has 3 aromatic rings. The number of hydrogen-bond donors (Lipinski definition) is 1. The number of hydrogen-bond acceptors (Lipinski definition) is 5. The van der Waals surface area contributed by atoms with Gasteiger partial charge in [-0.05, 0) is 67.8 Å². The topological polar surface area (TPSA) is 77.1 Å². The highest BCUT2D eigenvalue weighted by molar-refractivity contribution is 5.95. The van der Waals surface area contributed by atoms with Crippen molar-refractivity contribution in [3.8, 4) is 16.9 Å². The molecule has 0 saturated carbocycles. The molecule has 1 atom stereocenters. The third-order valence-corrected chi connectivity index (χ3v) is 7.26. The van der Waals surface area contributed by atoms with Crippen LogP contribution in [0.3, 0.4) is 0 Å². The number of nitrogens with zero attached hydrogens (tertiary/aromatic N) is 5. The number of carbonyl (C=O) groups is 1. The minimum absolute atomic E-state index is 0.0841. The summed E-state index contributed by atoms with van der Waals surface area (Å²) in [6.45, 7) is 10.8. The van der Waals surface area contributed by atoms with E-state index in [1.807, 2.05) is 16.7 Å². The van der Waals surface area contributed by atoms with E-state index in [0.29, 0.717) is 32.8 Å². The van der Waals surface area contributed by atoms with Crippen LogP contribution in [-0.4, -0.2) is 81.9 Å². The lowest BCUT2D eigenvalue weighted by Crippen LogP contribution is -2.53. The summed E-state index contributed by atoms with van der Waals surface area (Å²) in [6.07, 6.45) is 4.21. The number of aliphatic imine (C=N–C) groups is 1. The molecule has 8 heteroatoms. The Hall–Kier alpha value is -3.81. The fraction of sp³-hybridized carbons (Fsp3) is 0.393. The number of rotatable bonds is 1. The van der Waals surface area contributed by atoms with Crippen molar-refractivity contribution in [3.63, 3.8) is 0 Å². The Balaban J connectivity index is 1.20. The first-order valence-corrected chi connectivity index (χ1v) is 12.7. The maximum atomic E-state index is 13.5. The molecule has 3 aliphatic heterocycles. The first-order valence-electron chi connectivity index (χ1n) is 12.7. The molecule has 2 amide bonds. The summed E-state index contributed by atoms with van der Waals surface area (Å²) < 4.78 is 6.15. The average molecular weight is 485 g/mol. The van der Waals surface area contributed by atoms with Crippen LogP contribution >= 0.6 is 0 Å². The highest BCUT2D eigenvalue weighted by atomic mass is 16.5. The number of amidine groups is 1. The molecule has 1 aromatic heterocycles. The van der Waals surface area contributed by atoms with Crippen LogP contribution in [0.5, 0.6) is 5.75 Å². The molecular formula is C28H32N6O2. The smallest absolute Gasteiger partial charge is 0.320 e. The monoisotopic (exact) mass is 484 g/mol. The zero-order valence-corrected chi connectivity index (χ0v) is 21.1. The first-order chi connectivity index (χ1) is 17.4. The van der Waals surface area contributed by atoms with Gasteiger partial charge in [0.05, 0.1) is 30.2 Å². The molecule has 186 valence electrons. The Morgan fingerprint density at radius 3 is 2.64 bits per heavy atom. The lowest BCUT2D eigenvalue weighted by molar-refractivity contribution is 0.127. The number of H-pyrrole nitrogens is 1. The van der Waals surface area contributed by atoms with Gasteiger partial charge in [0, 0.05) is 31.7 Å². The van der Waals surface area contributed by atoms with E-state index in [1.54, 1.807) is 0 Å². The molecule has 0 bridgehead atoms. The number of fused-ring (bicyclic) bond motifs is 2. The summed E-state index contributed by atoms with van der Waals surface area (Å²) in [5, 5.41) is 0. The molecular weight excluding hydrogens is 452 g/mol. The number of aromatic nitrogens is 2. The zero-order chi connectivity index (χ0) is 24.8. The third kappa shape index (κ3) is 4.21. The highest BCUT2D eigenvalue weighted by Gasteiger charge is 2.29. The number of carbonyl (C=O) groups excluding carboxylic acids is 1. The van der Waals surface area contributed by atoms with Crippen LogP contribution < -0.4 is 4.74 Å². The number of ether oxygens (including phenoxy) is 1. The van der Waals surface area contributed by atoms with Crippen molar-refractivity contribution < 1.29 is 9.53 Å². The molecule has 1 saturated heterocycles. The molecule has 1 fully saturated rings. The van der Waals surface area contributed by atoms with Gasteiger partial charge in [-0.1, -0.05) is 12.1 Å². The molecule has 6 rings (SSSR count). The quantitative estimate of drug-likeness (QED) is 0.563. The predicted molar refractivity (Wildman–Crippen MR) is 141 cm³/mol. The fourth-order valence-corrected chi connectivity index (χ4v) is 5.39. The number of imidazole rings is 1. The van der Waals surface area contributed by atoms with Gasteiger partial charge in [-0.2, -0.15) is 0 Å². The lowest BCUT2D eigenvalue weighted by atomic mass is 9.98. The Morgan fingerprint density at radius 2 is 1.86 bits per heavy atom. The molecule has 4 heterocycles. The molecule has 36 heavy (non-hydrogen) atoms. The van der Waals surface area contributed by atoms with Crippen molar-refractivity contribution in [2.24, 2.45) is 4.99 Å². The molecule has 0 aliphatic carbocycles. The van der Waals surface area contributed by atoms with Gasteiger partial charge in [0.1, 0.15) is 24.0 Å². The number of nitrogens with one attached hydrogen (secondary N) is 1. The standard InChI is InChI=1S/C28H32N6O2/c1-18-14-22(21-5-6-24-25(16-21)31-20(3)30-24)15-23-17-34(12-13-36-27(18)23)28(35)33-10-8-32(9-11-33)26-7-4-19(2)29-26/h4-7,14-16,19H,8-13,17H2,1-3H3,(H,30,31). The number of urea groups is 1. The van der Waals surface area contributed by atoms with Crippen molar-refractivity contribution >= 4 is 22.9 Å². The van der Waals surface area contributed by atoms with Gasteiger partial charge in [0.2, 0.25) is 0 Å². The fourth-order valence-electron chi connectivity index (χ4n) is 5.39. The summed E-state index contributed by atoms with van der Waals surface area (Å²) in [4.78, 5) is 32.2. The maximum absolute atomic E-state index is 13.5. The van der Waals surface area contributed by atoms with Gasteiger partial charge in [-0.3, -0.25) is 4.99 Å². The van der Waals surface area contributed by atoms with E-state index in [-0.39, 0.29) is 12.1 Å². The van der Waals surface area contributed by atoms with Crippen molar-refractivity contribution in [2.75, 3.05) is 39.3 Å². The molecule has 0 spiro atoms. The second-order valence-corrected chi connectivity index (χ2v) is 9.95. The summed E-state index contributed by atoms with van der Waals surface area (Å²) >= 11 is 0. The molecule has 3 aliphatic rings. The average Bonchev–Trinajstić information content (AvgIpc) is 3.40. The minimum Gasteiger partial charge on any atom is -0.491 e. The number of aromatic amines is 1. The normalized spacial score (nSPS) is 19.8. The summed E-state index contributed by atoms with van der Waals surface area (Å²) in [7, 11) is 0. The third-order valence-electron chi connectivity index (χ3n) is 7.26. The van der Waals surface area contributed by atoms with Crippen LogP contribution in [0.2, 0.25) is 0 Å². The maximum Gasteiger partial charge on any atom is 0.320 e. The van der Waals surface area contributed by atoms with E-state index in [0.717, 1.165) is 63.8 Å². The van der Waals surface area contributed by atoms with Gasteiger partial charge in [0.15, 0.2) is 0 Å². The van der Waals surface area contributed by atoms with Crippen LogP contribution in [0.25, 0.3) is 22.2 Å². The van der Waals surface area contributed by atoms with Gasteiger partial charge in [-0.15, -0.1) is 0 Å². The number of piperazine rings is 1. The van der Waals surface area contributed by atoms with Gasteiger partial charge >= 0.3 is 6.03 Å². The first kappa shape index (κ1) is 22.6. The SMILES string of the molecule is Cc1nc2ccc(-c3cc(C)c4c(c3)CN(C(=O)N3CCN(C5=NC(C)C=C5)CC3)CCO4)cc2[nH]1. The van der Waals surface area contributed by atoms with E-state index in [9.17, 15) is 4.79 Å².